The SMILES string of the molecule is CC(C)(C)N(C(=O)O)c1ccc(F)cc1Nc1ncc([N+](=O)[O-])c(N[C@@H]2CCOc3c(F)cccc32)n1. The van der Waals surface area contributed by atoms with Crippen LogP contribution in [0.5, 0.6) is 5.75 Å². The van der Waals surface area contributed by atoms with Crippen LogP contribution in [0.25, 0.3) is 0 Å². The first-order chi connectivity index (χ1) is 17.5. The number of benzene rings is 2. The van der Waals surface area contributed by atoms with E-state index in [0.717, 1.165) is 23.2 Å². The van der Waals surface area contributed by atoms with Gasteiger partial charge >= 0.3 is 11.8 Å². The molecule has 2 aromatic carbocycles. The zero-order chi connectivity index (χ0) is 26.9. The van der Waals surface area contributed by atoms with Crippen LogP contribution in [-0.2, 0) is 0 Å². The Morgan fingerprint density at radius 3 is 2.70 bits per heavy atom. The number of para-hydroxylation sites is 1. The molecule has 0 saturated carbocycles. The maximum atomic E-state index is 14.2. The largest absolute Gasteiger partial charge is 0.490 e. The predicted octanol–water partition coefficient (Wildman–Crippen LogP) is 5.63. The summed E-state index contributed by atoms with van der Waals surface area (Å²) in [6.45, 7) is 5.20. The quantitative estimate of drug-likeness (QED) is 0.282. The molecule has 194 valence electrons. The Balaban J connectivity index is 1.72. The molecule has 0 spiro atoms. The molecule has 0 radical (unpaired) electrons. The van der Waals surface area contributed by atoms with Crippen molar-refractivity contribution in [3.8, 4) is 5.75 Å². The van der Waals surface area contributed by atoms with Crippen LogP contribution < -0.4 is 20.3 Å². The van der Waals surface area contributed by atoms with Gasteiger partial charge in [0.1, 0.15) is 12.0 Å². The van der Waals surface area contributed by atoms with Gasteiger partial charge in [0, 0.05) is 17.5 Å². The third-order valence-electron chi connectivity index (χ3n) is 5.61. The first-order valence-corrected chi connectivity index (χ1v) is 11.2. The fourth-order valence-corrected chi connectivity index (χ4v) is 4.05. The lowest BCUT2D eigenvalue weighted by Crippen LogP contribution is -2.45. The highest BCUT2D eigenvalue weighted by Gasteiger charge is 2.31. The van der Waals surface area contributed by atoms with Gasteiger partial charge in [-0.05, 0) is 45.0 Å². The summed E-state index contributed by atoms with van der Waals surface area (Å²) in [6.07, 6.45) is 0.0916. The number of nitro groups is 1. The van der Waals surface area contributed by atoms with E-state index in [2.05, 4.69) is 20.6 Å². The second-order valence-electron chi connectivity index (χ2n) is 9.25. The van der Waals surface area contributed by atoms with Crippen molar-refractivity contribution in [2.75, 3.05) is 22.1 Å². The zero-order valence-electron chi connectivity index (χ0n) is 20.2. The Bertz CT molecular complexity index is 1360. The van der Waals surface area contributed by atoms with Crippen molar-refractivity contribution < 1.29 is 28.3 Å². The van der Waals surface area contributed by atoms with Crippen LogP contribution in [0.1, 0.15) is 38.8 Å². The summed E-state index contributed by atoms with van der Waals surface area (Å²) in [6, 6.07) is 7.36. The third-order valence-corrected chi connectivity index (χ3v) is 5.61. The maximum absolute atomic E-state index is 14.2. The molecule has 1 amide bonds. The fraction of sp³-hybridized carbons (Fsp3) is 0.292. The van der Waals surface area contributed by atoms with Crippen LogP contribution in [0.4, 0.5) is 42.4 Å². The van der Waals surface area contributed by atoms with E-state index < -0.39 is 39.9 Å². The standard InChI is InChI=1S/C24H24F2N6O5/c1-24(2,3)31(23(33)34)18-8-7-13(25)11-17(18)29-22-27-12-19(32(35)36)21(30-22)28-16-9-10-37-20-14(16)5-4-6-15(20)26/h4-8,11-12,16H,9-10H2,1-3H3,(H,33,34)(H2,27,28,29,30)/t16-/m1/s1. The van der Waals surface area contributed by atoms with Gasteiger partial charge in [-0.3, -0.25) is 15.0 Å². The van der Waals surface area contributed by atoms with Crippen LogP contribution in [0.2, 0.25) is 0 Å². The van der Waals surface area contributed by atoms with Crippen LogP contribution in [0.3, 0.4) is 0 Å². The van der Waals surface area contributed by atoms with Gasteiger partial charge in [-0.25, -0.2) is 18.6 Å². The second-order valence-corrected chi connectivity index (χ2v) is 9.25. The van der Waals surface area contributed by atoms with Crippen molar-refractivity contribution in [1.82, 2.24) is 9.97 Å². The molecule has 0 aliphatic carbocycles. The molecule has 1 aliphatic rings. The number of aromatic nitrogens is 2. The van der Waals surface area contributed by atoms with E-state index in [1.165, 1.54) is 18.2 Å². The number of halogens is 2. The number of carbonyl (C=O) groups is 1. The van der Waals surface area contributed by atoms with E-state index in [0.29, 0.717) is 12.0 Å². The number of anilines is 4. The number of rotatable bonds is 6. The molecule has 0 bridgehead atoms. The van der Waals surface area contributed by atoms with E-state index in [1.807, 2.05) is 0 Å². The van der Waals surface area contributed by atoms with Crippen LogP contribution in [-0.4, -0.2) is 38.2 Å². The minimum atomic E-state index is -1.26. The maximum Gasteiger partial charge on any atom is 0.412 e. The van der Waals surface area contributed by atoms with Crippen LogP contribution in [0.15, 0.2) is 42.6 Å². The van der Waals surface area contributed by atoms with Gasteiger partial charge < -0.3 is 20.5 Å². The summed E-state index contributed by atoms with van der Waals surface area (Å²) in [4.78, 5) is 32.2. The number of ether oxygens (including phenoxy) is 1. The number of nitrogens with zero attached hydrogens (tertiary/aromatic N) is 4. The van der Waals surface area contributed by atoms with Crippen molar-refractivity contribution in [2.24, 2.45) is 0 Å². The molecule has 0 unspecified atom stereocenters. The first-order valence-electron chi connectivity index (χ1n) is 11.2. The fourth-order valence-electron chi connectivity index (χ4n) is 4.05. The number of hydrogen-bond acceptors (Lipinski definition) is 8. The normalized spacial score (nSPS) is 14.8. The lowest BCUT2D eigenvalue weighted by molar-refractivity contribution is -0.384. The molecular formula is C24H24F2N6O5. The highest BCUT2D eigenvalue weighted by molar-refractivity contribution is 5.93. The molecule has 37 heavy (non-hydrogen) atoms. The first kappa shape index (κ1) is 25.5. The summed E-state index contributed by atoms with van der Waals surface area (Å²) < 4.78 is 33.8. The van der Waals surface area contributed by atoms with Gasteiger partial charge in [-0.2, -0.15) is 4.98 Å². The molecule has 13 heteroatoms. The molecule has 1 atom stereocenters. The number of carboxylic acid groups (broad SMARTS) is 1. The van der Waals surface area contributed by atoms with Crippen molar-refractivity contribution in [3.63, 3.8) is 0 Å². The van der Waals surface area contributed by atoms with E-state index in [-0.39, 0.29) is 35.5 Å². The molecule has 4 rings (SSSR count). The van der Waals surface area contributed by atoms with Crippen molar-refractivity contribution in [2.45, 2.75) is 38.8 Å². The van der Waals surface area contributed by atoms with Crippen LogP contribution in [0, 0.1) is 21.7 Å². The van der Waals surface area contributed by atoms with Crippen molar-refractivity contribution >= 4 is 34.9 Å². The van der Waals surface area contributed by atoms with Gasteiger partial charge in [0.15, 0.2) is 11.6 Å². The number of nitrogens with one attached hydrogen (secondary N) is 2. The van der Waals surface area contributed by atoms with E-state index >= 15 is 0 Å². The molecule has 1 aromatic heterocycles. The Hall–Kier alpha value is -4.55. The van der Waals surface area contributed by atoms with Gasteiger partial charge in [0.2, 0.25) is 11.8 Å². The lowest BCUT2D eigenvalue weighted by atomic mass is 10.0. The Morgan fingerprint density at radius 2 is 2.03 bits per heavy atom. The van der Waals surface area contributed by atoms with E-state index in [1.54, 1.807) is 26.8 Å². The smallest absolute Gasteiger partial charge is 0.412 e. The Kier molecular flexibility index (Phi) is 6.79. The van der Waals surface area contributed by atoms with Gasteiger partial charge in [-0.15, -0.1) is 0 Å². The minimum Gasteiger partial charge on any atom is -0.490 e. The summed E-state index contributed by atoms with van der Waals surface area (Å²) in [5.74, 6) is -1.45. The number of hydrogen-bond donors (Lipinski definition) is 3. The number of amides is 1. The molecule has 3 N–H and O–H groups in total. The lowest BCUT2D eigenvalue weighted by Gasteiger charge is -2.34. The monoisotopic (exact) mass is 514 g/mol. The Morgan fingerprint density at radius 1 is 1.27 bits per heavy atom. The molecule has 1 aliphatic heterocycles. The molecular weight excluding hydrogens is 490 g/mol. The highest BCUT2D eigenvalue weighted by Crippen LogP contribution is 2.38. The molecule has 0 fully saturated rings. The predicted molar refractivity (Wildman–Crippen MR) is 132 cm³/mol. The van der Waals surface area contributed by atoms with Crippen molar-refractivity contribution in [3.05, 3.63) is 69.9 Å². The molecule has 11 nitrogen and oxygen atoms in total. The third kappa shape index (κ3) is 5.34. The average molecular weight is 514 g/mol. The summed E-state index contributed by atoms with van der Waals surface area (Å²) >= 11 is 0. The molecule has 2 heterocycles. The highest BCUT2D eigenvalue weighted by atomic mass is 19.1. The molecule has 3 aromatic rings. The molecule has 0 saturated heterocycles. The van der Waals surface area contributed by atoms with E-state index in [4.69, 9.17) is 4.74 Å². The topological polar surface area (TPSA) is 143 Å². The summed E-state index contributed by atoms with van der Waals surface area (Å²) in [5, 5.41) is 27.2. The van der Waals surface area contributed by atoms with Gasteiger partial charge in [0.25, 0.3) is 0 Å². The average Bonchev–Trinajstić information content (AvgIpc) is 2.80. The minimum absolute atomic E-state index is 0.0376. The van der Waals surface area contributed by atoms with Gasteiger partial charge in [0.05, 0.1) is 28.9 Å². The second kappa shape index (κ2) is 9.84. The van der Waals surface area contributed by atoms with Crippen LogP contribution >= 0.6 is 0 Å². The zero-order valence-corrected chi connectivity index (χ0v) is 20.2. The van der Waals surface area contributed by atoms with Crippen molar-refractivity contribution in [1.29, 1.82) is 0 Å². The Labute approximate surface area is 210 Å². The van der Waals surface area contributed by atoms with E-state index in [9.17, 15) is 28.8 Å². The summed E-state index contributed by atoms with van der Waals surface area (Å²) in [7, 11) is 0. The summed E-state index contributed by atoms with van der Waals surface area (Å²) in [5.41, 5.74) is -0.670. The number of fused-ring (bicyclic) bond motifs is 1. The van der Waals surface area contributed by atoms with Gasteiger partial charge in [-0.1, -0.05) is 12.1 Å².